The molecule has 2 atom stereocenters. The van der Waals surface area contributed by atoms with Crippen LogP contribution >= 0.6 is 57.5 Å². The Labute approximate surface area is 232 Å². The van der Waals surface area contributed by atoms with Crippen molar-refractivity contribution >= 4 is 84.7 Å². The van der Waals surface area contributed by atoms with Crippen molar-refractivity contribution in [3.8, 4) is 0 Å². The van der Waals surface area contributed by atoms with Crippen LogP contribution in [0.25, 0.3) is 9.40 Å². The van der Waals surface area contributed by atoms with Crippen LogP contribution in [0.2, 0.25) is 0 Å². The molecule has 2 aliphatic heterocycles. The lowest BCUT2D eigenvalue weighted by molar-refractivity contribution is -0.150. The molecule has 5 rings (SSSR count). The van der Waals surface area contributed by atoms with E-state index in [4.69, 9.17) is 5.73 Å². The predicted octanol–water partition coefficient (Wildman–Crippen LogP) is 3.47. The van der Waals surface area contributed by atoms with Crippen LogP contribution in [0, 0.1) is 0 Å². The van der Waals surface area contributed by atoms with Crippen molar-refractivity contribution in [2.24, 2.45) is 5.73 Å². The molecule has 3 aromatic rings. The Hall–Kier alpha value is -2.42. The van der Waals surface area contributed by atoms with Gasteiger partial charge in [0.25, 0.3) is 5.91 Å². The molecule has 0 aliphatic carbocycles. The van der Waals surface area contributed by atoms with Gasteiger partial charge in [0.15, 0.2) is 0 Å². The smallest absolute Gasteiger partial charge is 0.352 e. The van der Waals surface area contributed by atoms with Crippen LogP contribution in [0.1, 0.15) is 10.4 Å². The summed E-state index contributed by atoms with van der Waals surface area (Å²) in [6.45, 7) is 0.352. The number of carbonyl (C=O) groups is 3. The number of nitrogens with zero attached hydrogens (tertiary/aromatic N) is 1. The largest absolute Gasteiger partial charge is 0.477 e. The molecule has 13 heteroatoms. The molecular formula is C24H21N3O5S5. The molecule has 1 saturated heterocycles. The number of nitrogens with two attached hydrogens (primary N) is 1. The summed E-state index contributed by atoms with van der Waals surface area (Å²) in [5.41, 5.74) is 6.83. The van der Waals surface area contributed by atoms with Gasteiger partial charge in [0.05, 0.1) is 20.0 Å². The normalized spacial score (nSPS) is 19.4. The number of aliphatic carboxylic acids is 1. The number of carboxylic acid groups (broad SMARTS) is 1. The molecule has 4 N–H and O–H groups in total. The van der Waals surface area contributed by atoms with Gasteiger partial charge in [-0.3, -0.25) is 19.3 Å². The summed E-state index contributed by atoms with van der Waals surface area (Å²) in [5, 5.41) is 17.7. The summed E-state index contributed by atoms with van der Waals surface area (Å²) in [7, 11) is 0. The third kappa shape index (κ3) is 5.16. The van der Waals surface area contributed by atoms with Gasteiger partial charge >= 0.3 is 5.97 Å². The second-order valence-corrected chi connectivity index (χ2v) is 13.4. The zero-order valence-corrected chi connectivity index (χ0v) is 23.3. The van der Waals surface area contributed by atoms with Crippen molar-refractivity contribution in [1.29, 1.82) is 0 Å². The van der Waals surface area contributed by atoms with E-state index in [-0.39, 0.29) is 23.5 Å². The van der Waals surface area contributed by atoms with E-state index in [0.29, 0.717) is 29.9 Å². The Morgan fingerprint density at radius 1 is 1.24 bits per heavy atom. The van der Waals surface area contributed by atoms with E-state index >= 15 is 0 Å². The minimum atomic E-state index is -1.19. The third-order valence-electron chi connectivity index (χ3n) is 5.83. The number of carbonyl (C=O) groups excluding carboxylic acids is 2. The van der Waals surface area contributed by atoms with Crippen LogP contribution in [-0.4, -0.2) is 51.5 Å². The predicted molar refractivity (Wildman–Crippen MR) is 151 cm³/mol. The van der Waals surface area contributed by atoms with Gasteiger partial charge in [-0.1, -0.05) is 17.8 Å². The highest BCUT2D eigenvalue weighted by Crippen LogP contribution is 2.41. The Morgan fingerprint density at radius 3 is 2.81 bits per heavy atom. The van der Waals surface area contributed by atoms with E-state index in [1.165, 1.54) is 62.4 Å². The van der Waals surface area contributed by atoms with Gasteiger partial charge in [-0.25, -0.2) is 4.79 Å². The monoisotopic (exact) mass is 591 g/mol. The van der Waals surface area contributed by atoms with Crippen LogP contribution in [0.3, 0.4) is 0 Å². The first-order chi connectivity index (χ1) is 17.9. The molecule has 2 amide bonds. The van der Waals surface area contributed by atoms with Crippen molar-refractivity contribution < 1.29 is 19.5 Å². The second-order valence-electron chi connectivity index (χ2n) is 8.16. The van der Waals surface area contributed by atoms with Gasteiger partial charge in [0.2, 0.25) is 11.3 Å². The van der Waals surface area contributed by atoms with Gasteiger partial charge in [0, 0.05) is 16.2 Å². The summed E-state index contributed by atoms with van der Waals surface area (Å²) < 4.78 is 2.46. The number of rotatable bonds is 9. The molecule has 1 unspecified atom stereocenters. The topological polar surface area (TPSA) is 130 Å². The van der Waals surface area contributed by atoms with Crippen molar-refractivity contribution in [3.63, 3.8) is 0 Å². The lowest BCUT2D eigenvalue weighted by atomic mass is 10.0. The molecule has 0 saturated carbocycles. The lowest BCUT2D eigenvalue weighted by Gasteiger charge is -2.49. The van der Waals surface area contributed by atoms with E-state index in [1.54, 1.807) is 11.5 Å². The number of carboxylic acids is 1. The fraction of sp³-hybridized carbons (Fsp3) is 0.250. The first-order valence-electron chi connectivity index (χ1n) is 11.2. The fourth-order valence-corrected chi connectivity index (χ4v) is 9.43. The number of amides is 2. The van der Waals surface area contributed by atoms with Crippen molar-refractivity contribution in [1.82, 2.24) is 10.2 Å². The number of thiophene rings is 2. The van der Waals surface area contributed by atoms with Crippen LogP contribution in [-0.2, 0) is 27.2 Å². The van der Waals surface area contributed by atoms with E-state index in [2.05, 4.69) is 5.32 Å². The first-order valence-corrected chi connectivity index (χ1v) is 15.7. The maximum atomic E-state index is 12.9. The zero-order chi connectivity index (χ0) is 26.1. The lowest BCUT2D eigenvalue weighted by Crippen LogP contribution is -2.70. The highest BCUT2D eigenvalue weighted by Gasteiger charge is 2.53. The fourth-order valence-electron chi connectivity index (χ4n) is 4.13. The van der Waals surface area contributed by atoms with Gasteiger partial charge in [-0.15, -0.1) is 45.8 Å². The maximum absolute atomic E-state index is 12.9. The van der Waals surface area contributed by atoms with Gasteiger partial charge < -0.3 is 16.2 Å². The summed E-state index contributed by atoms with van der Waals surface area (Å²) in [5.74, 6) is -1.52. The first kappa shape index (κ1) is 26.2. The van der Waals surface area contributed by atoms with E-state index in [0.717, 1.165) is 18.5 Å². The quantitative estimate of drug-likeness (QED) is 0.255. The third-order valence-corrected chi connectivity index (χ3v) is 11.3. The molecule has 37 heavy (non-hydrogen) atoms. The zero-order valence-electron chi connectivity index (χ0n) is 19.2. The molecule has 192 valence electrons. The standard InChI is InChI=1S/C24H21N3O5S5/c25-6-3-14-19(29)20-15(5-9-34-20)37-24(14)35-8-4-12-11-36-22-17(21(30)27(22)18(12)23(31)32)26-16(28)10-13-2-1-7-33-13/h1-2,4-5,7-9,17,22H,3,6,10-11,25H2,(H,26,28)(H,31,32)/b8-4+/t17?,22-/m1/s1. The average molecular weight is 592 g/mol. The summed E-state index contributed by atoms with van der Waals surface area (Å²) >= 11 is 7.16. The highest BCUT2D eigenvalue weighted by atomic mass is 32.2. The van der Waals surface area contributed by atoms with Crippen LogP contribution < -0.4 is 16.5 Å². The number of hydrogen-bond acceptors (Lipinski definition) is 10. The Balaban J connectivity index is 1.33. The van der Waals surface area contributed by atoms with Crippen molar-refractivity contribution in [2.45, 2.75) is 28.5 Å². The average Bonchev–Trinajstić information content (AvgIpc) is 3.56. The van der Waals surface area contributed by atoms with Crippen molar-refractivity contribution in [3.05, 3.63) is 72.4 Å². The molecule has 8 nitrogen and oxygen atoms in total. The number of nitrogens with one attached hydrogen (secondary N) is 1. The summed E-state index contributed by atoms with van der Waals surface area (Å²) in [4.78, 5) is 52.4. The Bertz CT molecular complexity index is 1490. The molecule has 5 heterocycles. The minimum Gasteiger partial charge on any atom is -0.477 e. The van der Waals surface area contributed by atoms with Gasteiger partial charge in [-0.2, -0.15) is 0 Å². The number of β-lactam (4-membered cyclic amide) rings is 1. The van der Waals surface area contributed by atoms with E-state index in [1.807, 2.05) is 29.0 Å². The van der Waals surface area contributed by atoms with E-state index in [9.17, 15) is 24.3 Å². The van der Waals surface area contributed by atoms with Crippen LogP contribution in [0.5, 0.6) is 0 Å². The maximum Gasteiger partial charge on any atom is 0.352 e. The van der Waals surface area contributed by atoms with Gasteiger partial charge in [0.1, 0.15) is 17.1 Å². The Kier molecular flexibility index (Phi) is 7.88. The van der Waals surface area contributed by atoms with E-state index < -0.39 is 23.3 Å². The van der Waals surface area contributed by atoms with Crippen LogP contribution in [0.15, 0.2) is 60.7 Å². The summed E-state index contributed by atoms with van der Waals surface area (Å²) in [6.07, 6.45) is 2.33. The molecule has 0 spiro atoms. The minimum absolute atomic E-state index is 0.00931. The number of thioether (sulfide) groups is 2. The molecule has 0 aromatic carbocycles. The number of fused-ring (bicyclic) bond motifs is 2. The molecule has 3 aromatic heterocycles. The van der Waals surface area contributed by atoms with Gasteiger partial charge in [-0.05, 0) is 52.9 Å². The molecule has 1 fully saturated rings. The molecule has 0 bridgehead atoms. The summed E-state index contributed by atoms with van der Waals surface area (Å²) in [6, 6.07) is 4.88. The second kappa shape index (κ2) is 11.1. The molecular weight excluding hydrogens is 571 g/mol. The highest BCUT2D eigenvalue weighted by molar-refractivity contribution is 8.04. The molecule has 2 aliphatic rings. The van der Waals surface area contributed by atoms with Crippen molar-refractivity contribution in [2.75, 3.05) is 12.3 Å². The number of allylic oxidation sites excluding steroid dienone is 1. The number of hydrogen-bond donors (Lipinski definition) is 3. The Morgan fingerprint density at radius 2 is 2.08 bits per heavy atom. The SMILES string of the molecule is NCCc1c(S/C=C/C2=C(C(=O)O)N3C(=O)C(NC(=O)Cc4cccs4)[C@H]3SC2)sc2ccsc2c1=O. The molecule has 0 radical (unpaired) electrons. The van der Waals surface area contributed by atoms with Crippen LogP contribution in [0.4, 0.5) is 0 Å².